The Morgan fingerprint density at radius 2 is 2.19 bits per heavy atom. The number of hydrogen-bond acceptors (Lipinski definition) is 4. The smallest absolute Gasteiger partial charge is 0.187 e. The van der Waals surface area contributed by atoms with Gasteiger partial charge in [0.1, 0.15) is 17.3 Å². The van der Waals surface area contributed by atoms with E-state index in [-0.39, 0.29) is 11.5 Å². The second-order valence-electron chi connectivity index (χ2n) is 4.55. The first-order chi connectivity index (χ1) is 10.0. The molecular weight excluding hydrogens is 336 g/mol. The zero-order valence-electron chi connectivity index (χ0n) is 11.7. The molecule has 0 aliphatic rings. The molecule has 21 heavy (non-hydrogen) atoms. The second-order valence-corrected chi connectivity index (χ2v) is 5.34. The van der Waals surface area contributed by atoms with E-state index in [1.54, 1.807) is 25.3 Å². The number of furan rings is 1. The van der Waals surface area contributed by atoms with Gasteiger partial charge in [-0.25, -0.2) is 0 Å². The van der Waals surface area contributed by atoms with Crippen molar-refractivity contribution in [3.05, 3.63) is 57.5 Å². The Bertz CT molecular complexity index is 686. The van der Waals surface area contributed by atoms with Gasteiger partial charge in [-0.3, -0.25) is 4.79 Å². The largest absolute Gasteiger partial charge is 0.508 e. The molecule has 0 bridgehead atoms. The van der Waals surface area contributed by atoms with Gasteiger partial charge < -0.3 is 14.3 Å². The number of aryl methyl sites for hydroxylation is 1. The lowest BCUT2D eigenvalue weighted by molar-refractivity contribution is 0.104. The summed E-state index contributed by atoms with van der Waals surface area (Å²) < 4.78 is 11.0. The van der Waals surface area contributed by atoms with Crippen molar-refractivity contribution in [1.29, 1.82) is 0 Å². The number of ketones is 1. The molecule has 2 aromatic rings. The molecule has 0 saturated heterocycles. The zero-order chi connectivity index (χ0) is 15.4. The first kappa shape index (κ1) is 15.5. The van der Waals surface area contributed by atoms with E-state index >= 15 is 0 Å². The minimum absolute atomic E-state index is 0.0239. The first-order valence-corrected chi connectivity index (χ1v) is 7.09. The van der Waals surface area contributed by atoms with Crippen LogP contribution < -0.4 is 0 Å². The third-order valence-electron chi connectivity index (χ3n) is 2.86. The molecule has 0 amide bonds. The van der Waals surface area contributed by atoms with Gasteiger partial charge in [-0.05, 0) is 64.8 Å². The normalized spacial score (nSPS) is 11.2. The van der Waals surface area contributed by atoms with Crippen molar-refractivity contribution < 1.29 is 19.1 Å². The third-order valence-corrected chi connectivity index (χ3v) is 3.79. The lowest BCUT2D eigenvalue weighted by atomic mass is 10.1. The molecule has 0 aliphatic heterocycles. The van der Waals surface area contributed by atoms with Gasteiger partial charge in [0.05, 0.1) is 6.61 Å². The maximum atomic E-state index is 12.2. The van der Waals surface area contributed by atoms with Crippen LogP contribution in [0.25, 0.3) is 6.08 Å². The number of carbonyl (C=O) groups excluding carboxylic acids is 1. The Labute approximate surface area is 131 Å². The van der Waals surface area contributed by atoms with E-state index in [2.05, 4.69) is 15.9 Å². The molecule has 1 heterocycles. The van der Waals surface area contributed by atoms with Crippen LogP contribution in [0.4, 0.5) is 0 Å². The highest BCUT2D eigenvalue weighted by Crippen LogP contribution is 2.28. The van der Waals surface area contributed by atoms with Crippen LogP contribution in [-0.2, 0) is 11.3 Å². The lowest BCUT2D eigenvalue weighted by Gasteiger charge is -2.08. The van der Waals surface area contributed by atoms with Gasteiger partial charge in [0.25, 0.3) is 0 Å². The van der Waals surface area contributed by atoms with Gasteiger partial charge in [-0.2, -0.15) is 0 Å². The van der Waals surface area contributed by atoms with Gasteiger partial charge in [-0.1, -0.05) is 0 Å². The molecule has 0 aliphatic carbocycles. The van der Waals surface area contributed by atoms with E-state index in [1.165, 1.54) is 12.1 Å². The number of carbonyl (C=O) groups is 1. The molecule has 1 aromatic heterocycles. The summed E-state index contributed by atoms with van der Waals surface area (Å²) in [6, 6.07) is 6.59. The summed E-state index contributed by atoms with van der Waals surface area (Å²) in [5.41, 5.74) is 1.09. The van der Waals surface area contributed by atoms with Crippen molar-refractivity contribution in [3.63, 3.8) is 0 Å². The Balaban J connectivity index is 2.28. The number of benzene rings is 1. The summed E-state index contributed by atoms with van der Waals surface area (Å²) in [5.74, 6) is 1.18. The van der Waals surface area contributed by atoms with Crippen LogP contribution in [0.3, 0.4) is 0 Å². The highest BCUT2D eigenvalue weighted by atomic mass is 79.9. The topological polar surface area (TPSA) is 59.7 Å². The van der Waals surface area contributed by atoms with E-state index in [0.29, 0.717) is 28.0 Å². The maximum absolute atomic E-state index is 12.2. The van der Waals surface area contributed by atoms with Crippen molar-refractivity contribution in [1.82, 2.24) is 0 Å². The number of phenols is 1. The maximum Gasteiger partial charge on any atom is 0.187 e. The zero-order valence-corrected chi connectivity index (χ0v) is 13.3. The Morgan fingerprint density at radius 1 is 1.43 bits per heavy atom. The Hall–Kier alpha value is -1.85. The number of halogens is 1. The Morgan fingerprint density at radius 3 is 2.81 bits per heavy atom. The summed E-state index contributed by atoms with van der Waals surface area (Å²) >= 11 is 3.38. The summed E-state index contributed by atoms with van der Waals surface area (Å²) in [6.07, 6.45) is 3.01. The molecule has 0 atom stereocenters. The van der Waals surface area contributed by atoms with Crippen LogP contribution in [0.1, 0.15) is 27.4 Å². The molecule has 0 fully saturated rings. The number of aromatic hydroxyl groups is 1. The summed E-state index contributed by atoms with van der Waals surface area (Å²) in [4.78, 5) is 12.2. The summed E-state index contributed by atoms with van der Waals surface area (Å²) in [5, 5.41) is 9.71. The summed E-state index contributed by atoms with van der Waals surface area (Å²) in [6.45, 7) is 2.14. The van der Waals surface area contributed by atoms with Crippen molar-refractivity contribution in [2.24, 2.45) is 0 Å². The number of allylic oxidation sites excluding steroid dienone is 1. The fourth-order valence-corrected chi connectivity index (χ4v) is 2.44. The fraction of sp³-hybridized carbons (Fsp3) is 0.188. The molecule has 1 aromatic carbocycles. The molecule has 5 heteroatoms. The molecular formula is C16H15BrO4. The number of methoxy groups -OCH3 is 1. The summed E-state index contributed by atoms with van der Waals surface area (Å²) in [7, 11) is 1.55. The van der Waals surface area contributed by atoms with E-state index < -0.39 is 0 Å². The Kier molecular flexibility index (Phi) is 4.98. The molecule has 0 spiro atoms. The number of rotatable bonds is 5. The molecule has 2 rings (SSSR count). The highest BCUT2D eigenvalue weighted by Gasteiger charge is 2.13. The van der Waals surface area contributed by atoms with E-state index in [9.17, 15) is 9.90 Å². The first-order valence-electron chi connectivity index (χ1n) is 6.30. The van der Waals surface area contributed by atoms with Crippen molar-refractivity contribution in [3.8, 4) is 5.75 Å². The van der Waals surface area contributed by atoms with Crippen LogP contribution in [0.15, 0.2) is 39.2 Å². The number of ether oxygens (including phenoxy) is 1. The quantitative estimate of drug-likeness (QED) is 0.651. The minimum Gasteiger partial charge on any atom is -0.508 e. The minimum atomic E-state index is -0.232. The van der Waals surface area contributed by atoms with Gasteiger partial charge in [0.2, 0.25) is 0 Å². The van der Waals surface area contributed by atoms with Crippen molar-refractivity contribution in [2.75, 3.05) is 7.11 Å². The monoisotopic (exact) mass is 350 g/mol. The van der Waals surface area contributed by atoms with Crippen LogP contribution in [0.2, 0.25) is 0 Å². The molecule has 1 N–H and O–H groups in total. The van der Waals surface area contributed by atoms with E-state index in [1.807, 2.05) is 13.0 Å². The fourth-order valence-electron chi connectivity index (χ4n) is 1.90. The molecule has 0 unspecified atom stereocenters. The molecule has 4 nitrogen and oxygen atoms in total. The number of hydrogen-bond donors (Lipinski definition) is 1. The van der Waals surface area contributed by atoms with Gasteiger partial charge >= 0.3 is 0 Å². The van der Waals surface area contributed by atoms with Crippen LogP contribution >= 0.6 is 15.9 Å². The lowest BCUT2D eigenvalue weighted by Crippen LogP contribution is -2.00. The van der Waals surface area contributed by atoms with Gasteiger partial charge in [0, 0.05) is 17.1 Å². The van der Waals surface area contributed by atoms with Gasteiger partial charge in [0.15, 0.2) is 5.78 Å². The average Bonchev–Trinajstić information content (AvgIpc) is 2.86. The average molecular weight is 351 g/mol. The number of phenolic OH excluding ortho intramolecular Hbond substituents is 1. The molecule has 0 saturated carbocycles. The van der Waals surface area contributed by atoms with Crippen LogP contribution in [0.5, 0.6) is 5.75 Å². The van der Waals surface area contributed by atoms with E-state index in [4.69, 9.17) is 9.15 Å². The van der Waals surface area contributed by atoms with Crippen LogP contribution in [0, 0.1) is 6.92 Å². The van der Waals surface area contributed by atoms with Crippen molar-refractivity contribution >= 4 is 27.8 Å². The van der Waals surface area contributed by atoms with Gasteiger partial charge in [-0.15, -0.1) is 0 Å². The standard InChI is InChI=1S/C16H15BrO4/c1-10-3-4-13(21-10)5-6-15(19)14-8-12(18)7-11(9-20-2)16(14)17/h3-8,18H,9H2,1-2H3/b6-5+. The second kappa shape index (κ2) is 6.74. The van der Waals surface area contributed by atoms with Crippen molar-refractivity contribution in [2.45, 2.75) is 13.5 Å². The van der Waals surface area contributed by atoms with Crippen LogP contribution in [-0.4, -0.2) is 18.0 Å². The third kappa shape index (κ3) is 3.83. The predicted octanol–water partition coefficient (Wildman–Crippen LogP) is 4.10. The van der Waals surface area contributed by atoms with E-state index in [0.717, 1.165) is 5.76 Å². The molecule has 110 valence electrons. The molecule has 0 radical (unpaired) electrons. The SMILES string of the molecule is COCc1cc(O)cc(C(=O)/C=C/c2ccc(C)o2)c1Br. The predicted molar refractivity (Wildman–Crippen MR) is 83.3 cm³/mol. The highest BCUT2D eigenvalue weighted by molar-refractivity contribution is 9.10.